The lowest BCUT2D eigenvalue weighted by Crippen LogP contribution is -2.05. The van der Waals surface area contributed by atoms with Crippen LogP contribution in [0.1, 0.15) is 22.0 Å². The van der Waals surface area contributed by atoms with Crippen LogP contribution in [0.3, 0.4) is 0 Å². The molecule has 0 unspecified atom stereocenters. The van der Waals surface area contributed by atoms with E-state index in [1.54, 1.807) is 0 Å². The molecule has 4 rings (SSSR count). The Balaban J connectivity index is 1.36. The smallest absolute Gasteiger partial charge is 0.211 e. The molecule has 0 aliphatic carbocycles. The number of benzene rings is 1. The molecule has 1 N–H and O–H groups in total. The van der Waals surface area contributed by atoms with Gasteiger partial charge in [-0.1, -0.05) is 41.1 Å². The number of hydrogen-bond acceptors (Lipinski definition) is 6. The predicted octanol–water partition coefficient (Wildman–Crippen LogP) is 4.24. The zero-order valence-electron chi connectivity index (χ0n) is 15.6. The highest BCUT2D eigenvalue weighted by Gasteiger charge is 2.09. The summed E-state index contributed by atoms with van der Waals surface area (Å²) in [6, 6.07) is 11.8. The Bertz CT molecular complexity index is 1080. The van der Waals surface area contributed by atoms with Gasteiger partial charge in [-0.15, -0.1) is 10.2 Å². The molecule has 0 saturated heterocycles. The number of anilines is 2. The molecule has 0 saturated carbocycles. The van der Waals surface area contributed by atoms with Gasteiger partial charge in [-0.05, 0) is 31.5 Å². The number of hydrogen-bond donors (Lipinski definition) is 1. The molecule has 0 amide bonds. The highest BCUT2D eigenvalue weighted by atomic mass is 35.5. The van der Waals surface area contributed by atoms with Crippen molar-refractivity contribution >= 4 is 33.9 Å². The van der Waals surface area contributed by atoms with Crippen LogP contribution in [0.25, 0.3) is 0 Å². The van der Waals surface area contributed by atoms with Crippen LogP contribution in [0, 0.1) is 13.8 Å². The predicted molar refractivity (Wildman–Crippen MR) is 111 cm³/mol. The van der Waals surface area contributed by atoms with Gasteiger partial charge in [0.15, 0.2) is 5.82 Å². The van der Waals surface area contributed by atoms with Crippen molar-refractivity contribution in [3.63, 3.8) is 0 Å². The largest absolute Gasteiger partial charge is 0.313 e. The van der Waals surface area contributed by atoms with E-state index in [1.165, 1.54) is 11.3 Å². The summed E-state index contributed by atoms with van der Waals surface area (Å²) in [6.07, 6.45) is 2.71. The van der Waals surface area contributed by atoms with Gasteiger partial charge in [-0.25, -0.2) is 0 Å². The molecule has 28 heavy (non-hydrogen) atoms. The van der Waals surface area contributed by atoms with Crippen LogP contribution in [0.15, 0.2) is 42.6 Å². The Morgan fingerprint density at radius 2 is 1.96 bits per heavy atom. The molecule has 4 aromatic rings. The second-order valence-electron chi connectivity index (χ2n) is 6.52. The van der Waals surface area contributed by atoms with E-state index in [0.29, 0.717) is 6.54 Å². The third-order valence-corrected chi connectivity index (χ3v) is 5.54. The number of nitrogens with one attached hydrogen (secondary N) is 1. The maximum atomic E-state index is 6.22. The quantitative estimate of drug-likeness (QED) is 0.490. The third kappa shape index (κ3) is 4.40. The number of halogens is 1. The Labute approximate surface area is 172 Å². The SMILES string of the molecule is Cc1cc(C)n(CCc2nnc(Nc3ccn(Cc4ccccc4Cl)n3)s2)n1. The second kappa shape index (κ2) is 8.12. The molecule has 3 aromatic heterocycles. The molecular formula is C19H20ClN7S. The first-order chi connectivity index (χ1) is 13.6. The van der Waals surface area contributed by atoms with E-state index in [4.69, 9.17) is 11.6 Å². The Kier molecular flexibility index (Phi) is 5.40. The Hall–Kier alpha value is -2.71. The third-order valence-electron chi connectivity index (χ3n) is 4.27. The minimum absolute atomic E-state index is 0.616. The maximum absolute atomic E-state index is 6.22. The van der Waals surface area contributed by atoms with Gasteiger partial charge in [0, 0.05) is 35.9 Å². The van der Waals surface area contributed by atoms with E-state index in [1.807, 2.05) is 52.8 Å². The van der Waals surface area contributed by atoms with Crippen molar-refractivity contribution in [2.24, 2.45) is 0 Å². The fraction of sp³-hybridized carbons (Fsp3) is 0.263. The van der Waals surface area contributed by atoms with Crippen molar-refractivity contribution in [1.29, 1.82) is 0 Å². The van der Waals surface area contributed by atoms with Gasteiger partial charge < -0.3 is 5.32 Å². The van der Waals surface area contributed by atoms with E-state index >= 15 is 0 Å². The summed E-state index contributed by atoms with van der Waals surface area (Å²) < 4.78 is 3.84. The molecule has 0 fully saturated rings. The molecule has 0 spiro atoms. The van der Waals surface area contributed by atoms with Gasteiger partial charge in [0.1, 0.15) is 5.01 Å². The zero-order valence-corrected chi connectivity index (χ0v) is 17.2. The van der Waals surface area contributed by atoms with E-state index in [-0.39, 0.29) is 0 Å². The molecule has 144 valence electrons. The summed E-state index contributed by atoms with van der Waals surface area (Å²) in [7, 11) is 0. The van der Waals surface area contributed by atoms with Crippen LogP contribution in [-0.2, 0) is 19.5 Å². The van der Waals surface area contributed by atoms with E-state index < -0.39 is 0 Å². The summed E-state index contributed by atoms with van der Waals surface area (Å²) in [5.74, 6) is 0.730. The standard InChI is InChI=1S/C19H20ClN7S/c1-13-11-14(2)27(24-13)10-8-18-22-23-19(28-18)21-17-7-9-26(25-17)12-15-5-3-4-6-16(15)20/h3-7,9,11H,8,10,12H2,1-2H3,(H,21,23,25). The van der Waals surface area contributed by atoms with Gasteiger partial charge in [0.25, 0.3) is 0 Å². The minimum Gasteiger partial charge on any atom is -0.313 e. The summed E-state index contributed by atoms with van der Waals surface area (Å²) in [5.41, 5.74) is 3.22. The van der Waals surface area contributed by atoms with Crippen molar-refractivity contribution in [3.8, 4) is 0 Å². The van der Waals surface area contributed by atoms with E-state index in [0.717, 1.165) is 50.9 Å². The fourth-order valence-electron chi connectivity index (χ4n) is 2.94. The lowest BCUT2D eigenvalue weighted by atomic mass is 10.2. The average Bonchev–Trinajstić information content (AvgIpc) is 3.37. The van der Waals surface area contributed by atoms with Gasteiger partial charge in [-0.3, -0.25) is 9.36 Å². The molecule has 9 heteroatoms. The zero-order chi connectivity index (χ0) is 19.5. The van der Waals surface area contributed by atoms with Gasteiger partial charge in [-0.2, -0.15) is 10.2 Å². The van der Waals surface area contributed by atoms with Crippen LogP contribution in [0.2, 0.25) is 5.02 Å². The van der Waals surface area contributed by atoms with Gasteiger partial charge in [0.05, 0.1) is 12.2 Å². The topological polar surface area (TPSA) is 73.5 Å². The molecule has 0 bridgehead atoms. The van der Waals surface area contributed by atoms with Crippen LogP contribution in [-0.4, -0.2) is 29.8 Å². The second-order valence-corrected chi connectivity index (χ2v) is 7.99. The highest BCUT2D eigenvalue weighted by molar-refractivity contribution is 7.15. The van der Waals surface area contributed by atoms with E-state index in [2.05, 4.69) is 38.7 Å². The van der Waals surface area contributed by atoms with Crippen molar-refractivity contribution in [2.45, 2.75) is 33.4 Å². The first kappa shape index (κ1) is 18.6. The normalized spacial score (nSPS) is 11.1. The maximum Gasteiger partial charge on any atom is 0.211 e. The average molecular weight is 414 g/mol. The Morgan fingerprint density at radius 1 is 1.11 bits per heavy atom. The number of aryl methyl sites for hydroxylation is 4. The first-order valence-electron chi connectivity index (χ1n) is 8.94. The highest BCUT2D eigenvalue weighted by Crippen LogP contribution is 2.21. The van der Waals surface area contributed by atoms with Crippen molar-refractivity contribution in [3.05, 3.63) is 69.6 Å². The van der Waals surface area contributed by atoms with E-state index in [9.17, 15) is 0 Å². The fourth-order valence-corrected chi connectivity index (χ4v) is 3.87. The summed E-state index contributed by atoms with van der Waals surface area (Å²) >= 11 is 7.75. The Morgan fingerprint density at radius 3 is 2.75 bits per heavy atom. The molecule has 0 aliphatic rings. The number of nitrogens with zero attached hydrogens (tertiary/aromatic N) is 6. The van der Waals surface area contributed by atoms with Crippen molar-refractivity contribution in [2.75, 3.05) is 5.32 Å². The number of rotatable bonds is 7. The first-order valence-corrected chi connectivity index (χ1v) is 10.1. The minimum atomic E-state index is 0.616. The van der Waals surface area contributed by atoms with Gasteiger partial charge >= 0.3 is 0 Å². The molecule has 3 heterocycles. The van der Waals surface area contributed by atoms with Crippen molar-refractivity contribution < 1.29 is 0 Å². The summed E-state index contributed by atoms with van der Waals surface area (Å²) in [4.78, 5) is 0. The summed E-state index contributed by atoms with van der Waals surface area (Å²) in [6.45, 7) is 5.47. The number of aromatic nitrogens is 6. The lowest BCUT2D eigenvalue weighted by molar-refractivity contribution is 0.591. The molecule has 1 aromatic carbocycles. The molecular weight excluding hydrogens is 394 g/mol. The molecule has 0 radical (unpaired) electrons. The lowest BCUT2D eigenvalue weighted by Gasteiger charge is -2.04. The van der Waals surface area contributed by atoms with Crippen LogP contribution in [0.5, 0.6) is 0 Å². The molecule has 0 aliphatic heterocycles. The van der Waals surface area contributed by atoms with Gasteiger partial charge in [0.2, 0.25) is 5.13 Å². The summed E-state index contributed by atoms with van der Waals surface area (Å²) in [5, 5.41) is 23.1. The van der Waals surface area contributed by atoms with Crippen LogP contribution < -0.4 is 5.32 Å². The molecule has 7 nitrogen and oxygen atoms in total. The van der Waals surface area contributed by atoms with Crippen LogP contribution >= 0.6 is 22.9 Å². The monoisotopic (exact) mass is 413 g/mol. The molecule has 0 atom stereocenters. The van der Waals surface area contributed by atoms with Crippen molar-refractivity contribution in [1.82, 2.24) is 29.8 Å². The van der Waals surface area contributed by atoms with Crippen LogP contribution in [0.4, 0.5) is 10.9 Å².